The second kappa shape index (κ2) is 6.54. The van der Waals surface area contributed by atoms with E-state index in [9.17, 15) is 18.0 Å². The van der Waals surface area contributed by atoms with Crippen LogP contribution in [0.15, 0.2) is 24.5 Å². The van der Waals surface area contributed by atoms with Crippen LogP contribution in [0.1, 0.15) is 18.9 Å². The number of hydrogen-bond acceptors (Lipinski definition) is 4. The number of pyridine rings is 1. The van der Waals surface area contributed by atoms with Crippen LogP contribution in [0.5, 0.6) is 0 Å². The molecule has 1 aromatic rings. The number of aromatic nitrogens is 1. The van der Waals surface area contributed by atoms with Gasteiger partial charge in [-0.25, -0.2) is 0 Å². The van der Waals surface area contributed by atoms with E-state index in [0.29, 0.717) is 12.5 Å². The summed E-state index contributed by atoms with van der Waals surface area (Å²) in [4.78, 5) is 16.8. The van der Waals surface area contributed by atoms with Crippen molar-refractivity contribution in [2.75, 3.05) is 6.54 Å². The van der Waals surface area contributed by atoms with E-state index < -0.39 is 17.6 Å². The maximum Gasteiger partial charge on any atom is 0.415 e. The fourth-order valence-electron chi connectivity index (χ4n) is 1.60. The number of hydrogen-bond donors (Lipinski definition) is 1. The van der Waals surface area contributed by atoms with Gasteiger partial charge in [-0.2, -0.15) is 18.4 Å². The van der Waals surface area contributed by atoms with Gasteiger partial charge in [0.25, 0.3) is 5.91 Å². The Kier molecular flexibility index (Phi) is 5.27. The zero-order valence-electron chi connectivity index (χ0n) is 11.4. The first-order chi connectivity index (χ1) is 9.70. The lowest BCUT2D eigenvalue weighted by Gasteiger charge is -2.32. The van der Waals surface area contributed by atoms with Gasteiger partial charge in [-0.3, -0.25) is 9.78 Å². The van der Waals surface area contributed by atoms with Gasteiger partial charge in [-0.15, -0.1) is 0 Å². The van der Waals surface area contributed by atoms with Crippen LogP contribution in [0.25, 0.3) is 0 Å². The lowest BCUT2D eigenvalue weighted by atomic mass is 10.0. The molecule has 21 heavy (non-hydrogen) atoms. The topological polar surface area (TPSA) is 83.0 Å². The predicted octanol–water partition coefficient (Wildman–Crippen LogP) is 1.60. The van der Waals surface area contributed by atoms with E-state index >= 15 is 0 Å². The Balaban J connectivity index is 2.97. The molecule has 0 spiro atoms. The molecule has 1 atom stereocenters. The molecule has 114 valence electrons. The van der Waals surface area contributed by atoms with Crippen LogP contribution in [0.4, 0.5) is 13.2 Å². The van der Waals surface area contributed by atoms with Crippen molar-refractivity contribution in [3.8, 4) is 6.07 Å². The number of halogens is 3. The third kappa shape index (κ3) is 4.16. The number of carbonyl (C=O) groups excluding carboxylic acids is 1. The van der Waals surface area contributed by atoms with E-state index in [-0.39, 0.29) is 19.5 Å². The molecule has 0 bridgehead atoms. The van der Waals surface area contributed by atoms with Crippen LogP contribution in [0, 0.1) is 11.3 Å². The van der Waals surface area contributed by atoms with Gasteiger partial charge >= 0.3 is 6.18 Å². The van der Waals surface area contributed by atoms with Crippen LogP contribution >= 0.6 is 0 Å². The van der Waals surface area contributed by atoms with Crippen molar-refractivity contribution >= 4 is 5.91 Å². The molecule has 0 aliphatic carbocycles. The first-order valence-corrected chi connectivity index (χ1v) is 6.11. The molecular weight excluding hydrogens is 285 g/mol. The summed E-state index contributed by atoms with van der Waals surface area (Å²) in [6.45, 7) is 0.405. The van der Waals surface area contributed by atoms with Crippen molar-refractivity contribution < 1.29 is 18.0 Å². The minimum absolute atomic E-state index is 0.0834. The van der Waals surface area contributed by atoms with Crippen LogP contribution in [0.2, 0.25) is 0 Å². The summed E-state index contributed by atoms with van der Waals surface area (Å²) >= 11 is 0. The number of rotatable bonds is 5. The van der Waals surface area contributed by atoms with Gasteiger partial charge in [-0.05, 0) is 18.6 Å². The molecule has 0 fully saturated rings. The number of nitriles is 1. The summed E-state index contributed by atoms with van der Waals surface area (Å²) in [5.41, 5.74) is 2.71. The summed E-state index contributed by atoms with van der Waals surface area (Å²) in [5.74, 6) is -1.27. The second-order valence-electron chi connectivity index (χ2n) is 4.70. The third-order valence-electron chi connectivity index (χ3n) is 2.91. The highest BCUT2D eigenvalue weighted by Gasteiger charge is 2.55. The van der Waals surface area contributed by atoms with Crippen LogP contribution < -0.4 is 5.73 Å². The maximum atomic E-state index is 12.9. The second-order valence-corrected chi connectivity index (χ2v) is 4.70. The van der Waals surface area contributed by atoms with E-state index in [4.69, 9.17) is 11.0 Å². The third-order valence-corrected chi connectivity index (χ3v) is 2.91. The highest BCUT2D eigenvalue weighted by Crippen LogP contribution is 2.30. The summed E-state index contributed by atoms with van der Waals surface area (Å²) in [6, 6.07) is 5.03. The monoisotopic (exact) mass is 300 g/mol. The number of nitrogens with zero attached hydrogens (tertiary/aromatic N) is 3. The van der Waals surface area contributed by atoms with Gasteiger partial charge in [0.05, 0.1) is 12.5 Å². The van der Waals surface area contributed by atoms with Crippen molar-refractivity contribution in [3.63, 3.8) is 0 Å². The van der Waals surface area contributed by atoms with E-state index in [0.717, 1.165) is 4.90 Å². The molecule has 8 heteroatoms. The van der Waals surface area contributed by atoms with Crippen molar-refractivity contribution in [1.82, 2.24) is 9.88 Å². The molecule has 0 aliphatic heterocycles. The first kappa shape index (κ1) is 16.9. The van der Waals surface area contributed by atoms with E-state index in [1.807, 2.05) is 0 Å². The molecule has 0 aromatic carbocycles. The lowest BCUT2D eigenvalue weighted by molar-refractivity contribution is -0.194. The van der Waals surface area contributed by atoms with Gasteiger partial charge in [0, 0.05) is 25.5 Å². The fourth-order valence-corrected chi connectivity index (χ4v) is 1.60. The normalized spacial score (nSPS) is 14.1. The quantitative estimate of drug-likeness (QED) is 0.895. The SMILES string of the molecule is CC(N)(C(=O)N(CCC#N)Cc1cccnc1)C(F)(F)F. The lowest BCUT2D eigenvalue weighted by Crippen LogP contribution is -2.62. The smallest absolute Gasteiger partial charge is 0.335 e. The molecule has 5 nitrogen and oxygen atoms in total. The largest absolute Gasteiger partial charge is 0.415 e. The first-order valence-electron chi connectivity index (χ1n) is 6.11. The van der Waals surface area contributed by atoms with Crippen molar-refractivity contribution in [2.24, 2.45) is 5.73 Å². The van der Waals surface area contributed by atoms with Crippen LogP contribution in [0.3, 0.4) is 0 Å². The summed E-state index contributed by atoms with van der Waals surface area (Å²) < 4.78 is 38.6. The zero-order valence-corrected chi connectivity index (χ0v) is 11.4. The van der Waals surface area contributed by atoms with E-state index in [1.54, 1.807) is 18.2 Å². The Morgan fingerprint density at radius 1 is 1.52 bits per heavy atom. The number of nitrogens with two attached hydrogens (primary N) is 1. The Morgan fingerprint density at radius 3 is 2.67 bits per heavy atom. The van der Waals surface area contributed by atoms with Gasteiger partial charge in [0.2, 0.25) is 0 Å². The van der Waals surface area contributed by atoms with Crippen LogP contribution in [-0.2, 0) is 11.3 Å². The van der Waals surface area contributed by atoms with Gasteiger partial charge in [0.1, 0.15) is 0 Å². The van der Waals surface area contributed by atoms with Gasteiger partial charge in [-0.1, -0.05) is 6.07 Å². The average Bonchev–Trinajstić information content (AvgIpc) is 2.42. The number of amides is 1. The molecule has 0 aliphatic rings. The Bertz CT molecular complexity index is 522. The van der Waals surface area contributed by atoms with Crippen molar-refractivity contribution in [3.05, 3.63) is 30.1 Å². The fraction of sp³-hybridized carbons (Fsp3) is 0.462. The molecule has 0 saturated carbocycles. The molecule has 2 N–H and O–H groups in total. The molecule has 1 heterocycles. The molecule has 1 unspecified atom stereocenters. The number of carbonyl (C=O) groups is 1. The average molecular weight is 300 g/mol. The van der Waals surface area contributed by atoms with Crippen molar-refractivity contribution in [2.45, 2.75) is 31.6 Å². The predicted molar refractivity (Wildman–Crippen MR) is 68.5 cm³/mol. The standard InChI is InChI=1S/C13H15F3N4O/c1-12(18,13(14,15)16)11(21)20(7-3-5-17)9-10-4-2-6-19-8-10/h2,4,6,8H,3,7,9,18H2,1H3. The minimum atomic E-state index is -4.87. The van der Waals surface area contributed by atoms with Crippen LogP contribution in [-0.4, -0.2) is 34.1 Å². The summed E-state index contributed by atoms with van der Waals surface area (Å²) in [6.07, 6.45) is -2.01. The molecule has 1 amide bonds. The maximum absolute atomic E-state index is 12.9. The zero-order chi connectivity index (χ0) is 16.1. The minimum Gasteiger partial charge on any atom is -0.335 e. The van der Waals surface area contributed by atoms with Gasteiger partial charge < -0.3 is 10.6 Å². The Morgan fingerprint density at radius 2 is 2.19 bits per heavy atom. The summed E-state index contributed by atoms with van der Waals surface area (Å²) in [7, 11) is 0. The van der Waals surface area contributed by atoms with E-state index in [2.05, 4.69) is 4.98 Å². The number of alkyl halides is 3. The Hall–Kier alpha value is -2.14. The highest BCUT2D eigenvalue weighted by molar-refractivity contribution is 5.86. The molecular formula is C13H15F3N4O. The highest BCUT2D eigenvalue weighted by atomic mass is 19.4. The molecule has 0 saturated heterocycles. The summed E-state index contributed by atoms with van der Waals surface area (Å²) in [5, 5.41) is 8.57. The molecule has 1 aromatic heterocycles. The Labute approximate surface area is 120 Å². The van der Waals surface area contributed by atoms with Gasteiger partial charge in [0.15, 0.2) is 5.54 Å². The molecule has 0 radical (unpaired) electrons. The molecule has 1 rings (SSSR count). The van der Waals surface area contributed by atoms with E-state index in [1.165, 1.54) is 12.4 Å². The van der Waals surface area contributed by atoms with Crippen molar-refractivity contribution in [1.29, 1.82) is 5.26 Å².